The Kier molecular flexibility index (Phi) is 1.93. The lowest BCUT2D eigenvalue weighted by Gasteiger charge is -2.00. The number of nitrogens with zero attached hydrogens (tertiary/aromatic N) is 1. The summed E-state index contributed by atoms with van der Waals surface area (Å²) in [5.74, 6) is -0.281. The van der Waals surface area contributed by atoms with Gasteiger partial charge in [-0.3, -0.25) is 0 Å². The zero-order valence-electron chi connectivity index (χ0n) is 6.72. The molecule has 0 N–H and O–H groups in total. The number of rotatable bonds is 0. The average Bonchev–Trinajstić information content (AvgIpc) is 2.08. The van der Waals surface area contributed by atoms with Gasteiger partial charge in [-0.1, -0.05) is 11.6 Å². The normalized spacial score (nSPS) is 10.7. The quantitative estimate of drug-likeness (QED) is 0.587. The van der Waals surface area contributed by atoms with Crippen LogP contribution in [0.3, 0.4) is 0 Å². The minimum atomic E-state index is -0.281. The van der Waals surface area contributed by atoms with Gasteiger partial charge in [0.25, 0.3) is 0 Å². The molecule has 2 rings (SSSR count). The highest BCUT2D eigenvalue weighted by atomic mass is 35.5. The molecule has 0 aliphatic rings. The Hall–Kier alpha value is -1.15. The fourth-order valence-electron chi connectivity index (χ4n) is 1.17. The molecule has 1 aromatic heterocycles. The largest absolute Gasteiger partial charge is 0.236 e. The Morgan fingerprint density at radius 2 is 2.08 bits per heavy atom. The highest BCUT2D eigenvalue weighted by molar-refractivity contribution is 6.30. The number of hydrogen-bond donors (Lipinski definition) is 0. The summed E-state index contributed by atoms with van der Waals surface area (Å²) in [5, 5.41) is 1.08. The molecule has 3 heteroatoms. The third-order valence-corrected chi connectivity index (χ3v) is 2.13. The molecule has 0 unspecified atom stereocenters. The van der Waals surface area contributed by atoms with E-state index in [4.69, 9.17) is 11.6 Å². The molecule has 13 heavy (non-hydrogen) atoms. The summed E-state index contributed by atoms with van der Waals surface area (Å²) in [6.07, 6.45) is 0. The van der Waals surface area contributed by atoms with E-state index in [0.29, 0.717) is 16.2 Å². The van der Waals surface area contributed by atoms with Crippen LogP contribution in [0.15, 0.2) is 24.3 Å². The molecule has 0 bridgehead atoms. The van der Waals surface area contributed by atoms with E-state index in [1.54, 1.807) is 12.1 Å². The first-order valence-corrected chi connectivity index (χ1v) is 4.12. The van der Waals surface area contributed by atoms with Crippen molar-refractivity contribution in [1.82, 2.24) is 4.98 Å². The molecule has 0 aliphatic heterocycles. The van der Waals surface area contributed by atoms with Gasteiger partial charge in [-0.25, -0.2) is 9.37 Å². The number of aromatic nitrogens is 1. The second-order valence-electron chi connectivity index (χ2n) is 2.78. The van der Waals surface area contributed by atoms with Crippen LogP contribution in [-0.4, -0.2) is 4.98 Å². The second kappa shape index (κ2) is 2.96. The van der Waals surface area contributed by atoms with Crippen molar-refractivity contribution in [2.75, 3.05) is 0 Å². The molecular weight excluding hydrogens is 189 g/mol. The molecule has 65 valence electrons. The SMILES string of the molecule is [CH2]c1cc2cc(F)ccc2nc1Cl. The van der Waals surface area contributed by atoms with E-state index in [9.17, 15) is 4.39 Å². The first-order chi connectivity index (χ1) is 6.16. The van der Waals surface area contributed by atoms with E-state index >= 15 is 0 Å². The molecule has 0 amide bonds. The van der Waals surface area contributed by atoms with Crippen molar-refractivity contribution >= 4 is 22.5 Å². The predicted molar refractivity (Wildman–Crippen MR) is 51.2 cm³/mol. The number of benzene rings is 1. The molecule has 0 aliphatic carbocycles. The van der Waals surface area contributed by atoms with Gasteiger partial charge < -0.3 is 0 Å². The minimum Gasteiger partial charge on any atom is -0.236 e. The van der Waals surface area contributed by atoms with Gasteiger partial charge >= 0.3 is 0 Å². The first-order valence-electron chi connectivity index (χ1n) is 3.74. The number of halogens is 2. The lowest BCUT2D eigenvalue weighted by atomic mass is 10.2. The Bertz CT molecular complexity index is 468. The zero-order chi connectivity index (χ0) is 9.42. The molecule has 0 atom stereocenters. The molecule has 0 fully saturated rings. The third kappa shape index (κ3) is 1.49. The molecule has 1 heterocycles. The summed E-state index contributed by atoms with van der Waals surface area (Å²) in [5.41, 5.74) is 1.29. The van der Waals surface area contributed by atoms with E-state index in [1.165, 1.54) is 12.1 Å². The van der Waals surface area contributed by atoms with Crippen LogP contribution in [0, 0.1) is 12.7 Å². The van der Waals surface area contributed by atoms with Crippen molar-refractivity contribution in [1.29, 1.82) is 0 Å². The van der Waals surface area contributed by atoms with E-state index in [1.807, 2.05) is 0 Å². The fraction of sp³-hybridized carbons (Fsp3) is 0. The van der Waals surface area contributed by atoms with Gasteiger partial charge in [-0.2, -0.15) is 0 Å². The molecule has 0 spiro atoms. The zero-order valence-corrected chi connectivity index (χ0v) is 7.48. The topological polar surface area (TPSA) is 12.9 Å². The molecule has 0 saturated carbocycles. The van der Waals surface area contributed by atoms with Crippen molar-refractivity contribution in [2.24, 2.45) is 0 Å². The lowest BCUT2D eigenvalue weighted by Crippen LogP contribution is -1.85. The van der Waals surface area contributed by atoms with E-state index in [-0.39, 0.29) is 5.82 Å². The molecule has 1 radical (unpaired) electrons. The van der Waals surface area contributed by atoms with Crippen molar-refractivity contribution in [3.63, 3.8) is 0 Å². The summed E-state index contributed by atoms with van der Waals surface area (Å²) < 4.78 is 12.8. The third-order valence-electron chi connectivity index (χ3n) is 1.80. The summed E-state index contributed by atoms with van der Waals surface area (Å²) in [7, 11) is 0. The van der Waals surface area contributed by atoms with Crippen molar-refractivity contribution in [3.05, 3.63) is 47.7 Å². The van der Waals surface area contributed by atoms with Gasteiger partial charge in [-0.15, -0.1) is 0 Å². The van der Waals surface area contributed by atoms with Crippen molar-refractivity contribution in [3.8, 4) is 0 Å². The van der Waals surface area contributed by atoms with Crippen LogP contribution in [-0.2, 0) is 0 Å². The van der Waals surface area contributed by atoms with Gasteiger partial charge in [0.1, 0.15) is 11.0 Å². The maximum absolute atomic E-state index is 12.8. The van der Waals surface area contributed by atoms with Gasteiger partial charge in [0.05, 0.1) is 5.52 Å². The van der Waals surface area contributed by atoms with Gasteiger partial charge in [0.15, 0.2) is 0 Å². The highest BCUT2D eigenvalue weighted by Crippen LogP contribution is 2.20. The van der Waals surface area contributed by atoms with E-state index < -0.39 is 0 Å². The van der Waals surface area contributed by atoms with E-state index in [0.717, 1.165) is 5.39 Å². The first kappa shape index (κ1) is 8.45. The Morgan fingerprint density at radius 3 is 2.85 bits per heavy atom. The van der Waals surface area contributed by atoms with Crippen LogP contribution in [0.2, 0.25) is 5.15 Å². The average molecular weight is 195 g/mol. The molecule has 1 aromatic carbocycles. The molecule has 0 saturated heterocycles. The van der Waals surface area contributed by atoms with Crippen LogP contribution in [0.25, 0.3) is 10.9 Å². The summed E-state index contributed by atoms with van der Waals surface area (Å²) >= 11 is 5.76. The number of pyridine rings is 1. The van der Waals surface area contributed by atoms with Gasteiger partial charge in [-0.05, 0) is 36.8 Å². The standard InChI is InChI=1S/C10H6ClFN/c1-6-4-7-5-8(12)2-3-9(7)13-10(6)11/h2-5H,1H2. The minimum absolute atomic E-state index is 0.281. The van der Waals surface area contributed by atoms with Gasteiger partial charge in [0.2, 0.25) is 0 Å². The smallest absolute Gasteiger partial charge is 0.132 e. The Labute approximate surface area is 80.2 Å². The second-order valence-corrected chi connectivity index (χ2v) is 3.13. The molecular formula is C10H6ClFN. The number of fused-ring (bicyclic) bond motifs is 1. The number of hydrogen-bond acceptors (Lipinski definition) is 1. The Morgan fingerprint density at radius 1 is 1.31 bits per heavy atom. The maximum Gasteiger partial charge on any atom is 0.132 e. The van der Waals surface area contributed by atoms with Crippen LogP contribution < -0.4 is 0 Å². The van der Waals surface area contributed by atoms with E-state index in [2.05, 4.69) is 11.9 Å². The summed E-state index contributed by atoms with van der Waals surface area (Å²) in [6, 6.07) is 6.07. The van der Waals surface area contributed by atoms with Crippen LogP contribution in [0.1, 0.15) is 5.56 Å². The van der Waals surface area contributed by atoms with Crippen molar-refractivity contribution < 1.29 is 4.39 Å². The highest BCUT2D eigenvalue weighted by Gasteiger charge is 2.01. The summed E-state index contributed by atoms with van der Waals surface area (Å²) in [4.78, 5) is 4.05. The molecule has 2 aromatic rings. The van der Waals surface area contributed by atoms with Crippen LogP contribution in [0.5, 0.6) is 0 Å². The van der Waals surface area contributed by atoms with Gasteiger partial charge in [0, 0.05) is 5.39 Å². The van der Waals surface area contributed by atoms with Crippen molar-refractivity contribution in [2.45, 2.75) is 0 Å². The summed E-state index contributed by atoms with van der Waals surface area (Å²) in [6.45, 7) is 3.68. The Balaban J connectivity index is 2.81. The fourth-order valence-corrected chi connectivity index (χ4v) is 1.31. The van der Waals surface area contributed by atoms with Crippen LogP contribution in [0.4, 0.5) is 4.39 Å². The predicted octanol–water partition coefficient (Wildman–Crippen LogP) is 3.21. The molecule has 1 nitrogen and oxygen atoms in total. The lowest BCUT2D eigenvalue weighted by molar-refractivity contribution is 0.629. The maximum atomic E-state index is 12.8. The monoisotopic (exact) mass is 194 g/mol. The van der Waals surface area contributed by atoms with Crippen LogP contribution >= 0.6 is 11.6 Å².